The van der Waals surface area contributed by atoms with Gasteiger partial charge >= 0.3 is 0 Å². The van der Waals surface area contributed by atoms with E-state index in [1.807, 2.05) is 0 Å². The van der Waals surface area contributed by atoms with Gasteiger partial charge in [0.2, 0.25) is 65.0 Å². The van der Waals surface area contributed by atoms with E-state index in [0.29, 0.717) is 18.8 Å². The third-order valence-corrected chi connectivity index (χ3v) is 14.1. The van der Waals surface area contributed by atoms with Crippen LogP contribution in [0.3, 0.4) is 0 Å². The van der Waals surface area contributed by atoms with Crippen LogP contribution in [0.1, 0.15) is 139 Å². The lowest BCUT2D eigenvalue weighted by Gasteiger charge is -2.30. The standard InChI is InChI=1S/C53H100N16O13/c1-9-29(5)13-11-12-14-40(72)60-33(15-21-54)48(77)69-43(32(8)71)53(82)65-36(18-24-57)45(74)63-38-20-26-59-51(80)42(31(7)70)68-49(78)37(19-25-58)62-44(73)35(17-23-56)64-52(81)41(30(6)10-2)67-50(79)39(27-28(3)4)66-46(75)34(16-22-55)61-47(38)76/h28-39,41-43,70-71H,9-27,54-58H2,1-8H3,(H,59,80)(H,60,72)(H,61,76)(H,62,73)(H,63,74)(H,64,81)(H,65,82)(H,66,75)(H,67,79)(H,68,78)(H,69,77)/t29?,30?,31?,32-,33+,34+,35+,36+,37-,38+,39-,41+,42+,43?/m1/s1. The van der Waals surface area contributed by atoms with Gasteiger partial charge in [0.15, 0.2) is 0 Å². The highest BCUT2D eigenvalue weighted by molar-refractivity contribution is 5.99. The first-order valence-corrected chi connectivity index (χ1v) is 28.9. The zero-order chi connectivity index (χ0) is 62.2. The smallest absolute Gasteiger partial charge is 0.245 e. The molecule has 0 radical (unpaired) electrons. The molecule has 82 heavy (non-hydrogen) atoms. The molecule has 1 aliphatic rings. The molecule has 4 unspecified atom stereocenters. The number of hydrogen-bond acceptors (Lipinski definition) is 18. The SMILES string of the molecule is CCC(C)CCCCC(=O)N[C@@H](CCN)C(=O)NC(C(=O)N[C@@H](CCN)C(=O)N[C@H]1CCNC(=O)[C@H](C(C)O)NC(=O)[C@@H](CCN)NC(=O)[C@H](CCN)NC(=O)[C@H](C(C)CC)NC(=O)[C@@H](CC(C)C)NC(=O)[C@H](CCN)NC1=O)[C@@H](C)O. The molecule has 11 amide bonds. The number of rotatable bonds is 29. The number of aliphatic hydroxyl groups is 2. The van der Waals surface area contributed by atoms with E-state index in [0.717, 1.165) is 19.3 Å². The Labute approximate surface area is 482 Å². The van der Waals surface area contributed by atoms with E-state index in [4.69, 9.17) is 28.7 Å². The van der Waals surface area contributed by atoms with Crippen LogP contribution in [-0.2, 0) is 52.7 Å². The molecule has 1 fully saturated rings. The summed E-state index contributed by atoms with van der Waals surface area (Å²) in [5, 5.41) is 49.6. The molecule has 29 heteroatoms. The van der Waals surface area contributed by atoms with Crippen molar-refractivity contribution in [3.8, 4) is 0 Å². The predicted molar refractivity (Wildman–Crippen MR) is 305 cm³/mol. The van der Waals surface area contributed by atoms with Crippen molar-refractivity contribution in [2.75, 3.05) is 39.3 Å². The van der Waals surface area contributed by atoms with Gasteiger partial charge in [0.25, 0.3) is 0 Å². The Morgan fingerprint density at radius 2 is 1.02 bits per heavy atom. The molecule has 0 aliphatic carbocycles. The van der Waals surface area contributed by atoms with E-state index in [1.54, 1.807) is 27.7 Å². The Hall–Kier alpha value is -6.11. The van der Waals surface area contributed by atoms with Crippen LogP contribution in [0.15, 0.2) is 0 Å². The number of aliphatic hydroxyl groups excluding tert-OH is 2. The van der Waals surface area contributed by atoms with E-state index < -0.39 is 156 Å². The van der Waals surface area contributed by atoms with Gasteiger partial charge in [0, 0.05) is 13.0 Å². The molecule has 0 aromatic rings. The monoisotopic (exact) mass is 1170 g/mol. The lowest BCUT2D eigenvalue weighted by atomic mass is 9.96. The summed E-state index contributed by atoms with van der Waals surface area (Å²) in [6, 6.07) is -14.5. The Bertz CT molecular complexity index is 2070. The number of nitrogens with one attached hydrogen (secondary N) is 11. The Morgan fingerprint density at radius 1 is 0.537 bits per heavy atom. The lowest BCUT2D eigenvalue weighted by Crippen LogP contribution is -2.62. The van der Waals surface area contributed by atoms with Gasteiger partial charge in [-0.05, 0) is 116 Å². The van der Waals surface area contributed by atoms with Crippen LogP contribution in [0.2, 0.25) is 0 Å². The minimum atomic E-state index is -1.69. The molecule has 0 aromatic carbocycles. The van der Waals surface area contributed by atoms with Gasteiger partial charge in [-0.1, -0.05) is 67.2 Å². The van der Waals surface area contributed by atoms with Gasteiger partial charge in [-0.15, -0.1) is 0 Å². The molecular formula is C53H100N16O13. The zero-order valence-electron chi connectivity index (χ0n) is 49.4. The molecule has 0 bridgehead atoms. The topological polar surface area (TPSA) is 491 Å². The molecule has 0 aromatic heterocycles. The van der Waals surface area contributed by atoms with Crippen molar-refractivity contribution >= 4 is 65.0 Å². The number of unbranched alkanes of at least 4 members (excludes halogenated alkanes) is 1. The molecule has 14 atom stereocenters. The van der Waals surface area contributed by atoms with Crippen LogP contribution in [0.25, 0.3) is 0 Å². The first kappa shape index (κ1) is 73.9. The summed E-state index contributed by atoms with van der Waals surface area (Å²) in [5.74, 6) is -9.84. The summed E-state index contributed by atoms with van der Waals surface area (Å²) >= 11 is 0. The minimum absolute atomic E-state index is 0.0131. The number of amides is 11. The van der Waals surface area contributed by atoms with Crippen molar-refractivity contribution in [3.63, 3.8) is 0 Å². The third kappa shape index (κ3) is 26.4. The highest BCUT2D eigenvalue weighted by Gasteiger charge is 2.38. The highest BCUT2D eigenvalue weighted by Crippen LogP contribution is 2.15. The second kappa shape index (κ2) is 39.4. The lowest BCUT2D eigenvalue weighted by molar-refractivity contribution is -0.137. The van der Waals surface area contributed by atoms with E-state index >= 15 is 0 Å². The Kier molecular flexibility index (Phi) is 35.5. The Balaban J connectivity index is 3.82. The maximum absolute atomic E-state index is 14.4. The van der Waals surface area contributed by atoms with Crippen molar-refractivity contribution in [2.24, 2.45) is 46.4 Å². The molecule has 23 N–H and O–H groups in total. The van der Waals surface area contributed by atoms with Crippen LogP contribution < -0.4 is 87.2 Å². The van der Waals surface area contributed by atoms with E-state index in [-0.39, 0.29) is 83.6 Å². The first-order valence-electron chi connectivity index (χ1n) is 28.9. The summed E-state index contributed by atoms with van der Waals surface area (Å²) in [5.41, 5.74) is 29.2. The van der Waals surface area contributed by atoms with Gasteiger partial charge in [0.1, 0.15) is 60.4 Å². The van der Waals surface area contributed by atoms with Crippen molar-refractivity contribution in [1.82, 2.24) is 58.5 Å². The quantitative estimate of drug-likeness (QED) is 0.0311. The van der Waals surface area contributed by atoms with E-state index in [9.17, 15) is 63.0 Å². The van der Waals surface area contributed by atoms with Crippen LogP contribution in [-0.4, -0.2) is 187 Å². The average molecular weight is 1170 g/mol. The summed E-state index contributed by atoms with van der Waals surface area (Å²) in [6.45, 7) is 12.5. The van der Waals surface area contributed by atoms with E-state index in [1.165, 1.54) is 13.8 Å². The first-order chi connectivity index (χ1) is 38.7. The van der Waals surface area contributed by atoms with Crippen molar-refractivity contribution in [2.45, 2.75) is 211 Å². The van der Waals surface area contributed by atoms with Crippen LogP contribution in [0.4, 0.5) is 0 Å². The fraction of sp³-hybridized carbons (Fsp3) is 0.792. The summed E-state index contributed by atoms with van der Waals surface area (Å²) in [6.07, 6.45) is -0.469. The van der Waals surface area contributed by atoms with Crippen LogP contribution in [0, 0.1) is 17.8 Å². The van der Waals surface area contributed by atoms with Gasteiger partial charge in [-0.25, -0.2) is 0 Å². The highest BCUT2D eigenvalue weighted by atomic mass is 16.3. The van der Waals surface area contributed by atoms with Gasteiger partial charge in [-0.3, -0.25) is 52.7 Å². The van der Waals surface area contributed by atoms with Crippen molar-refractivity contribution in [1.29, 1.82) is 0 Å². The number of nitrogens with two attached hydrogens (primary N) is 5. The molecular weight excluding hydrogens is 1070 g/mol. The molecule has 470 valence electrons. The second-order valence-corrected chi connectivity index (χ2v) is 21.7. The maximum Gasteiger partial charge on any atom is 0.245 e. The van der Waals surface area contributed by atoms with Crippen molar-refractivity contribution < 1.29 is 63.0 Å². The second-order valence-electron chi connectivity index (χ2n) is 21.7. The summed E-state index contributed by atoms with van der Waals surface area (Å²) in [7, 11) is 0. The predicted octanol–water partition coefficient (Wildman–Crippen LogP) is -5.44. The average Bonchev–Trinajstić information content (AvgIpc) is 3.48. The maximum atomic E-state index is 14.4. The molecule has 1 saturated heterocycles. The molecule has 1 heterocycles. The fourth-order valence-electron chi connectivity index (χ4n) is 8.73. The van der Waals surface area contributed by atoms with Gasteiger partial charge < -0.3 is 97.4 Å². The summed E-state index contributed by atoms with van der Waals surface area (Å²) in [4.78, 5) is 153. The number of carbonyl (C=O) groups excluding carboxylic acids is 11. The van der Waals surface area contributed by atoms with Crippen LogP contribution in [0.5, 0.6) is 0 Å². The third-order valence-electron chi connectivity index (χ3n) is 14.1. The Morgan fingerprint density at radius 3 is 1.51 bits per heavy atom. The number of carbonyl (C=O) groups is 11. The van der Waals surface area contributed by atoms with Gasteiger partial charge in [-0.2, -0.15) is 0 Å². The van der Waals surface area contributed by atoms with Crippen LogP contribution >= 0.6 is 0 Å². The summed E-state index contributed by atoms with van der Waals surface area (Å²) < 4.78 is 0. The van der Waals surface area contributed by atoms with Gasteiger partial charge in [0.05, 0.1) is 12.2 Å². The van der Waals surface area contributed by atoms with Crippen molar-refractivity contribution in [3.05, 3.63) is 0 Å². The number of hydrogen-bond donors (Lipinski definition) is 18. The molecule has 1 aliphatic heterocycles. The molecule has 0 saturated carbocycles. The molecule has 29 nitrogen and oxygen atoms in total. The fourth-order valence-corrected chi connectivity index (χ4v) is 8.73. The molecule has 0 spiro atoms. The largest absolute Gasteiger partial charge is 0.391 e. The normalized spacial score (nSPS) is 23.8. The minimum Gasteiger partial charge on any atom is -0.391 e. The zero-order valence-corrected chi connectivity index (χ0v) is 49.4. The van der Waals surface area contributed by atoms with E-state index in [2.05, 4.69) is 72.3 Å². The molecule has 1 rings (SSSR count).